The Kier molecular flexibility index (Phi) is 6.52. The van der Waals surface area contributed by atoms with Crippen LogP contribution in [0.3, 0.4) is 0 Å². The molecular weight excluding hydrogens is 346 g/mol. The van der Waals surface area contributed by atoms with Crippen LogP contribution in [-0.4, -0.2) is 24.1 Å². The highest BCUT2D eigenvalue weighted by Gasteiger charge is 2.25. The van der Waals surface area contributed by atoms with E-state index in [2.05, 4.69) is 15.8 Å². The molecule has 0 bridgehead atoms. The van der Waals surface area contributed by atoms with Gasteiger partial charge in [0.15, 0.2) is 0 Å². The van der Waals surface area contributed by atoms with E-state index in [1.54, 1.807) is 30.5 Å². The Morgan fingerprint density at radius 3 is 2.58 bits per heavy atom. The molecule has 1 aromatic heterocycles. The fraction of sp³-hybridized carbons (Fsp3) is 0.235. The summed E-state index contributed by atoms with van der Waals surface area (Å²) in [5.74, 6) is -0.872. The largest absolute Gasteiger partial charge is 0.340 e. The van der Waals surface area contributed by atoms with Gasteiger partial charge in [-0.3, -0.25) is 9.59 Å². The van der Waals surface area contributed by atoms with E-state index in [-0.39, 0.29) is 11.8 Å². The first-order valence-electron chi connectivity index (χ1n) is 7.41. The third-order valence-corrected chi connectivity index (χ3v) is 4.40. The van der Waals surface area contributed by atoms with Gasteiger partial charge in [-0.25, -0.2) is 5.43 Å². The molecule has 0 aliphatic rings. The predicted molar refractivity (Wildman–Crippen MR) is 97.6 cm³/mol. The zero-order valence-corrected chi connectivity index (χ0v) is 14.9. The van der Waals surface area contributed by atoms with Gasteiger partial charge in [-0.1, -0.05) is 43.6 Å². The van der Waals surface area contributed by atoms with E-state index >= 15 is 0 Å². The number of carbonyl (C=O) groups excluding carboxylic acids is 2. The highest BCUT2D eigenvalue weighted by Crippen LogP contribution is 2.15. The summed E-state index contributed by atoms with van der Waals surface area (Å²) in [6.07, 6.45) is 1.57. The number of nitrogens with one attached hydrogen (secondary N) is 2. The van der Waals surface area contributed by atoms with Crippen LogP contribution in [0.25, 0.3) is 0 Å². The Bertz CT molecular complexity index is 729. The number of carbonyl (C=O) groups is 2. The number of rotatable bonds is 6. The Morgan fingerprint density at radius 1 is 1.21 bits per heavy atom. The average Bonchev–Trinajstić information content (AvgIpc) is 3.05. The lowest BCUT2D eigenvalue weighted by atomic mass is 10.0. The molecule has 0 radical (unpaired) electrons. The van der Waals surface area contributed by atoms with Crippen LogP contribution >= 0.6 is 22.9 Å². The summed E-state index contributed by atoms with van der Waals surface area (Å²) < 4.78 is 0. The van der Waals surface area contributed by atoms with Crippen molar-refractivity contribution in [2.45, 2.75) is 19.9 Å². The average molecular weight is 364 g/mol. The molecule has 1 atom stereocenters. The number of halogens is 1. The van der Waals surface area contributed by atoms with Crippen LogP contribution < -0.4 is 10.7 Å². The number of amides is 2. The zero-order valence-electron chi connectivity index (χ0n) is 13.3. The monoisotopic (exact) mass is 363 g/mol. The zero-order chi connectivity index (χ0) is 17.5. The van der Waals surface area contributed by atoms with E-state index in [1.165, 1.54) is 11.3 Å². The summed E-state index contributed by atoms with van der Waals surface area (Å²) in [7, 11) is 0. The molecule has 1 aromatic carbocycles. The predicted octanol–water partition coefficient (Wildman–Crippen LogP) is 3.31. The number of benzene rings is 1. The molecular formula is C17H18ClN3O2S. The van der Waals surface area contributed by atoms with Crippen molar-refractivity contribution in [2.24, 2.45) is 11.0 Å². The quantitative estimate of drug-likeness (QED) is 0.610. The Morgan fingerprint density at radius 2 is 1.96 bits per heavy atom. The molecule has 0 aliphatic heterocycles. The maximum atomic E-state index is 12.3. The van der Waals surface area contributed by atoms with Gasteiger partial charge in [0.1, 0.15) is 6.04 Å². The Hall–Kier alpha value is -2.18. The van der Waals surface area contributed by atoms with Gasteiger partial charge in [0, 0.05) is 4.88 Å². The highest BCUT2D eigenvalue weighted by atomic mass is 35.5. The summed E-state index contributed by atoms with van der Waals surface area (Å²) in [5, 5.41) is 8.90. The van der Waals surface area contributed by atoms with Crippen molar-refractivity contribution >= 4 is 41.0 Å². The summed E-state index contributed by atoms with van der Waals surface area (Å²) >= 11 is 7.53. The second-order valence-electron chi connectivity index (χ2n) is 5.42. The van der Waals surface area contributed by atoms with Crippen LogP contribution in [0.15, 0.2) is 46.9 Å². The van der Waals surface area contributed by atoms with Crippen LogP contribution in [0.4, 0.5) is 0 Å². The topological polar surface area (TPSA) is 70.6 Å². The molecule has 7 heteroatoms. The van der Waals surface area contributed by atoms with Gasteiger partial charge in [0.25, 0.3) is 11.8 Å². The van der Waals surface area contributed by atoms with E-state index in [0.29, 0.717) is 10.6 Å². The minimum absolute atomic E-state index is 0.103. The standard InChI is InChI=1S/C17H18ClN3O2S/c1-11(2)15(17(23)21-19-10-12-6-5-9-24-12)20-16(22)13-7-3-4-8-14(13)18/h3-11,15H,1-2H3,(H,20,22)(H,21,23)/b19-10-. The summed E-state index contributed by atoms with van der Waals surface area (Å²) in [4.78, 5) is 25.6. The SMILES string of the molecule is CC(C)C(NC(=O)c1ccccc1Cl)C(=O)N/N=C\c1cccs1. The van der Waals surface area contributed by atoms with Crippen molar-refractivity contribution < 1.29 is 9.59 Å². The van der Waals surface area contributed by atoms with Gasteiger partial charge in [0.2, 0.25) is 0 Å². The van der Waals surface area contributed by atoms with Crippen molar-refractivity contribution in [1.82, 2.24) is 10.7 Å². The number of nitrogens with zero attached hydrogens (tertiary/aromatic N) is 1. The minimum Gasteiger partial charge on any atom is -0.340 e. The molecule has 2 N–H and O–H groups in total. The van der Waals surface area contributed by atoms with Crippen molar-refractivity contribution in [2.75, 3.05) is 0 Å². The normalized spacial score (nSPS) is 12.3. The number of hydrazone groups is 1. The van der Waals surface area contributed by atoms with Crippen LogP contribution in [0.2, 0.25) is 5.02 Å². The maximum Gasteiger partial charge on any atom is 0.262 e. The molecule has 24 heavy (non-hydrogen) atoms. The van der Waals surface area contributed by atoms with E-state index < -0.39 is 11.9 Å². The molecule has 5 nitrogen and oxygen atoms in total. The number of thiophene rings is 1. The molecule has 1 heterocycles. The maximum absolute atomic E-state index is 12.3. The van der Waals surface area contributed by atoms with Gasteiger partial charge in [-0.05, 0) is 29.5 Å². The second kappa shape index (κ2) is 8.61. The van der Waals surface area contributed by atoms with E-state index in [0.717, 1.165) is 4.88 Å². The van der Waals surface area contributed by atoms with E-state index in [1.807, 2.05) is 31.4 Å². The van der Waals surface area contributed by atoms with Gasteiger partial charge >= 0.3 is 0 Å². The molecule has 0 saturated heterocycles. The first-order chi connectivity index (χ1) is 11.5. The molecule has 126 valence electrons. The summed E-state index contributed by atoms with van der Waals surface area (Å²) in [6, 6.07) is 9.78. The molecule has 0 spiro atoms. The molecule has 0 aliphatic carbocycles. The van der Waals surface area contributed by atoms with Crippen molar-refractivity contribution in [1.29, 1.82) is 0 Å². The fourth-order valence-corrected chi connectivity index (χ4v) is 2.80. The minimum atomic E-state index is -0.714. The van der Waals surface area contributed by atoms with Gasteiger partial charge in [-0.15, -0.1) is 11.3 Å². The molecule has 0 fully saturated rings. The Balaban J connectivity index is 2.02. The molecule has 2 amide bonds. The molecule has 0 saturated carbocycles. The Labute approximate surface area is 149 Å². The van der Waals surface area contributed by atoms with Crippen LogP contribution in [0.1, 0.15) is 29.1 Å². The van der Waals surface area contributed by atoms with Crippen LogP contribution in [0.5, 0.6) is 0 Å². The number of hydrogen-bond donors (Lipinski definition) is 2. The first-order valence-corrected chi connectivity index (χ1v) is 8.66. The molecule has 1 unspecified atom stereocenters. The van der Waals surface area contributed by atoms with E-state index in [4.69, 9.17) is 11.6 Å². The van der Waals surface area contributed by atoms with E-state index in [9.17, 15) is 9.59 Å². The van der Waals surface area contributed by atoms with Gasteiger partial charge in [-0.2, -0.15) is 5.10 Å². The van der Waals surface area contributed by atoms with Crippen LogP contribution in [-0.2, 0) is 4.79 Å². The van der Waals surface area contributed by atoms with Gasteiger partial charge in [0.05, 0.1) is 16.8 Å². The third-order valence-electron chi connectivity index (χ3n) is 3.26. The fourth-order valence-electron chi connectivity index (χ4n) is 1.99. The molecule has 2 rings (SSSR count). The second-order valence-corrected chi connectivity index (χ2v) is 6.81. The van der Waals surface area contributed by atoms with Crippen molar-refractivity contribution in [3.05, 3.63) is 57.2 Å². The lowest BCUT2D eigenvalue weighted by Crippen LogP contribution is -2.48. The van der Waals surface area contributed by atoms with Crippen LogP contribution in [0, 0.1) is 5.92 Å². The first kappa shape index (κ1) is 18.2. The van der Waals surface area contributed by atoms with Crippen molar-refractivity contribution in [3.8, 4) is 0 Å². The summed E-state index contributed by atoms with van der Waals surface area (Å²) in [6.45, 7) is 3.69. The lowest BCUT2D eigenvalue weighted by Gasteiger charge is -2.20. The molecule has 2 aromatic rings. The highest BCUT2D eigenvalue weighted by molar-refractivity contribution is 7.11. The summed E-state index contributed by atoms with van der Waals surface area (Å²) in [5.41, 5.74) is 2.80. The van der Waals surface area contributed by atoms with Crippen molar-refractivity contribution in [3.63, 3.8) is 0 Å². The third kappa shape index (κ3) is 4.91. The number of hydrogen-bond acceptors (Lipinski definition) is 4. The lowest BCUT2D eigenvalue weighted by molar-refractivity contribution is -0.123. The van der Waals surface area contributed by atoms with Gasteiger partial charge < -0.3 is 5.32 Å². The smallest absolute Gasteiger partial charge is 0.262 e.